The van der Waals surface area contributed by atoms with E-state index in [0.29, 0.717) is 0 Å². The molecule has 0 saturated carbocycles. The van der Waals surface area contributed by atoms with E-state index in [1.54, 1.807) is 4.88 Å². The van der Waals surface area contributed by atoms with Crippen LogP contribution in [0.15, 0.2) is 26.6 Å². The highest BCUT2D eigenvalue weighted by molar-refractivity contribution is 9.11. The Morgan fingerprint density at radius 1 is 1.17 bits per heavy atom. The fraction of sp³-hybridized carbons (Fsp3) is 0.357. The van der Waals surface area contributed by atoms with Gasteiger partial charge in [0.05, 0.1) is 9.35 Å². The van der Waals surface area contributed by atoms with Crippen molar-refractivity contribution in [2.45, 2.75) is 32.6 Å². The average molecular weight is 388 g/mol. The SMILES string of the molecule is Cc1cc(Br)cc(Br)c1-[n+]1csc2c1CCCC2. The van der Waals surface area contributed by atoms with E-state index >= 15 is 0 Å². The minimum Gasteiger partial charge on any atom is -0.153 e. The highest BCUT2D eigenvalue weighted by Crippen LogP contribution is 2.29. The quantitative estimate of drug-likeness (QED) is 0.622. The second-order valence-electron chi connectivity index (χ2n) is 4.72. The van der Waals surface area contributed by atoms with Crippen molar-refractivity contribution in [3.05, 3.63) is 42.7 Å². The number of aryl methyl sites for hydroxylation is 2. The molecule has 0 spiro atoms. The average Bonchev–Trinajstić information content (AvgIpc) is 2.72. The first-order valence-electron chi connectivity index (χ1n) is 6.14. The second-order valence-corrected chi connectivity index (χ2v) is 7.43. The van der Waals surface area contributed by atoms with Crippen molar-refractivity contribution in [3.8, 4) is 5.69 Å². The molecule has 94 valence electrons. The van der Waals surface area contributed by atoms with Crippen molar-refractivity contribution in [1.29, 1.82) is 0 Å². The summed E-state index contributed by atoms with van der Waals surface area (Å²) >= 11 is 9.15. The zero-order valence-corrected chi connectivity index (χ0v) is 14.2. The highest BCUT2D eigenvalue weighted by Gasteiger charge is 2.27. The number of nitrogens with zero attached hydrogens (tertiary/aromatic N) is 1. The standard InChI is InChI=1S/C14H14Br2NS/c1-9-6-10(15)7-11(16)14(9)17-8-18-13-5-3-2-4-12(13)17/h6-8H,2-5H2,1H3/q+1. The van der Waals surface area contributed by atoms with Gasteiger partial charge in [0.15, 0.2) is 0 Å². The molecule has 0 atom stereocenters. The summed E-state index contributed by atoms with van der Waals surface area (Å²) in [6, 6.07) is 4.31. The number of rotatable bonds is 1. The summed E-state index contributed by atoms with van der Waals surface area (Å²) in [5.74, 6) is 0. The molecule has 2 aromatic rings. The Balaban J connectivity index is 2.18. The van der Waals surface area contributed by atoms with E-state index < -0.39 is 0 Å². The van der Waals surface area contributed by atoms with Gasteiger partial charge in [0.1, 0.15) is 0 Å². The van der Waals surface area contributed by atoms with Crippen LogP contribution in [0.3, 0.4) is 0 Å². The van der Waals surface area contributed by atoms with E-state index in [-0.39, 0.29) is 0 Å². The van der Waals surface area contributed by atoms with Crippen LogP contribution in [0.25, 0.3) is 5.69 Å². The number of thiazole rings is 1. The van der Waals surface area contributed by atoms with Gasteiger partial charge in [-0.1, -0.05) is 27.3 Å². The molecule has 0 amide bonds. The van der Waals surface area contributed by atoms with Crippen molar-refractivity contribution < 1.29 is 4.57 Å². The lowest BCUT2D eigenvalue weighted by Crippen LogP contribution is -2.35. The molecule has 1 aromatic carbocycles. The molecule has 0 fully saturated rings. The molecular formula is C14H14Br2NS+. The lowest BCUT2D eigenvalue weighted by atomic mass is 10.0. The Kier molecular flexibility index (Phi) is 3.61. The van der Waals surface area contributed by atoms with Gasteiger partial charge in [-0.25, -0.2) is 0 Å². The van der Waals surface area contributed by atoms with Crippen molar-refractivity contribution in [2.24, 2.45) is 0 Å². The Morgan fingerprint density at radius 3 is 2.72 bits per heavy atom. The molecule has 1 aromatic heterocycles. The molecule has 1 nitrogen and oxygen atoms in total. The minimum absolute atomic E-state index is 1.13. The van der Waals surface area contributed by atoms with Gasteiger partial charge >= 0.3 is 0 Å². The first-order valence-corrected chi connectivity index (χ1v) is 8.60. The van der Waals surface area contributed by atoms with Gasteiger partial charge in [0.2, 0.25) is 16.9 Å². The van der Waals surface area contributed by atoms with Crippen LogP contribution in [0.5, 0.6) is 0 Å². The van der Waals surface area contributed by atoms with E-state index in [1.165, 1.54) is 42.6 Å². The molecule has 1 aliphatic rings. The predicted octanol–water partition coefficient (Wildman–Crippen LogP) is 4.74. The third-order valence-corrected chi connectivity index (χ3v) is 5.54. The van der Waals surface area contributed by atoms with Crippen LogP contribution < -0.4 is 4.57 Å². The first kappa shape index (κ1) is 12.8. The smallest absolute Gasteiger partial charge is 0.153 e. The van der Waals surface area contributed by atoms with Crippen LogP contribution in [0.1, 0.15) is 29.0 Å². The Hall–Kier alpha value is -0.190. The Bertz CT molecular complexity index is 581. The van der Waals surface area contributed by atoms with Gasteiger partial charge in [0.25, 0.3) is 0 Å². The Morgan fingerprint density at radius 2 is 1.94 bits per heavy atom. The van der Waals surface area contributed by atoms with Gasteiger partial charge < -0.3 is 0 Å². The van der Waals surface area contributed by atoms with Crippen LogP contribution in [0.2, 0.25) is 0 Å². The summed E-state index contributed by atoms with van der Waals surface area (Å²) in [4.78, 5) is 1.57. The van der Waals surface area contributed by atoms with Gasteiger partial charge in [-0.15, -0.1) is 0 Å². The molecule has 4 heteroatoms. The summed E-state index contributed by atoms with van der Waals surface area (Å²) < 4.78 is 4.66. The molecule has 0 aliphatic heterocycles. The first-order chi connectivity index (χ1) is 8.66. The van der Waals surface area contributed by atoms with Crippen LogP contribution in [0, 0.1) is 6.92 Å². The molecule has 3 rings (SSSR count). The summed E-state index contributed by atoms with van der Waals surface area (Å²) in [6.45, 7) is 2.17. The van der Waals surface area contributed by atoms with E-state index in [0.717, 1.165) is 8.95 Å². The van der Waals surface area contributed by atoms with Gasteiger partial charge in [0, 0.05) is 16.5 Å². The zero-order valence-electron chi connectivity index (χ0n) is 10.2. The van der Waals surface area contributed by atoms with Crippen LogP contribution >= 0.6 is 43.2 Å². The van der Waals surface area contributed by atoms with Gasteiger partial charge in [-0.2, -0.15) is 4.57 Å². The normalized spacial score (nSPS) is 14.6. The molecule has 18 heavy (non-hydrogen) atoms. The molecule has 0 unspecified atom stereocenters. The molecule has 1 heterocycles. The number of hydrogen-bond acceptors (Lipinski definition) is 1. The summed E-state index contributed by atoms with van der Waals surface area (Å²) in [6.07, 6.45) is 5.12. The number of fused-ring (bicyclic) bond motifs is 1. The fourth-order valence-corrected chi connectivity index (χ4v) is 5.30. The number of benzene rings is 1. The molecular weight excluding hydrogens is 374 g/mol. The van der Waals surface area contributed by atoms with Crippen LogP contribution in [-0.4, -0.2) is 0 Å². The third-order valence-electron chi connectivity index (χ3n) is 3.44. The van der Waals surface area contributed by atoms with Crippen molar-refractivity contribution in [3.63, 3.8) is 0 Å². The maximum Gasteiger partial charge on any atom is 0.231 e. The number of halogens is 2. The second kappa shape index (κ2) is 5.06. The largest absolute Gasteiger partial charge is 0.231 e. The third kappa shape index (κ3) is 2.19. The van der Waals surface area contributed by atoms with Gasteiger partial charge in [-0.05, 0) is 54.2 Å². The summed E-state index contributed by atoms with van der Waals surface area (Å²) in [5.41, 5.74) is 6.36. The minimum atomic E-state index is 1.13. The lowest BCUT2D eigenvalue weighted by molar-refractivity contribution is -0.600. The molecule has 1 aliphatic carbocycles. The topological polar surface area (TPSA) is 3.88 Å². The van der Waals surface area contributed by atoms with E-state index in [1.807, 2.05) is 11.3 Å². The molecule has 0 N–H and O–H groups in total. The van der Waals surface area contributed by atoms with Crippen LogP contribution in [-0.2, 0) is 12.8 Å². The summed E-state index contributed by atoms with van der Waals surface area (Å²) in [5, 5.41) is 0. The molecule has 0 bridgehead atoms. The predicted molar refractivity (Wildman–Crippen MR) is 82.6 cm³/mol. The fourth-order valence-electron chi connectivity index (χ4n) is 2.61. The van der Waals surface area contributed by atoms with E-state index in [4.69, 9.17) is 0 Å². The van der Waals surface area contributed by atoms with E-state index in [9.17, 15) is 0 Å². The highest BCUT2D eigenvalue weighted by atomic mass is 79.9. The van der Waals surface area contributed by atoms with Crippen molar-refractivity contribution >= 4 is 43.2 Å². The maximum absolute atomic E-state index is 3.70. The maximum atomic E-state index is 3.70. The van der Waals surface area contributed by atoms with Crippen molar-refractivity contribution in [1.82, 2.24) is 0 Å². The monoisotopic (exact) mass is 386 g/mol. The summed E-state index contributed by atoms with van der Waals surface area (Å²) in [7, 11) is 0. The van der Waals surface area contributed by atoms with Crippen molar-refractivity contribution in [2.75, 3.05) is 0 Å². The number of hydrogen-bond donors (Lipinski definition) is 0. The molecule has 0 saturated heterocycles. The lowest BCUT2D eigenvalue weighted by Gasteiger charge is -2.09. The zero-order chi connectivity index (χ0) is 12.7. The van der Waals surface area contributed by atoms with Crippen LogP contribution in [0.4, 0.5) is 0 Å². The van der Waals surface area contributed by atoms with Gasteiger partial charge in [-0.3, -0.25) is 0 Å². The van der Waals surface area contributed by atoms with E-state index in [2.05, 4.69) is 61.0 Å². The molecule has 0 radical (unpaired) electrons. The Labute approximate surface area is 128 Å². The number of aromatic nitrogens is 1.